The molecule has 104 valence electrons. The summed E-state index contributed by atoms with van der Waals surface area (Å²) in [7, 11) is -1.85. The third kappa shape index (κ3) is 11.0. The molecule has 0 aliphatic carbocycles. The van der Waals surface area contributed by atoms with Crippen LogP contribution in [0.1, 0.15) is 53.4 Å². The van der Waals surface area contributed by atoms with Crippen LogP contribution in [0.25, 0.3) is 0 Å². The average Bonchev–Trinajstić information content (AvgIpc) is 2.23. The van der Waals surface area contributed by atoms with Crippen molar-refractivity contribution in [2.24, 2.45) is 11.8 Å². The van der Waals surface area contributed by atoms with E-state index in [0.29, 0.717) is 0 Å². The highest BCUT2D eigenvalue weighted by Crippen LogP contribution is 2.13. The molecule has 0 bridgehead atoms. The minimum Gasteiger partial charge on any atom is -0.395 e. The zero-order valence-electron chi connectivity index (χ0n) is 12.7. The standard InChI is InChI=1S/C14H32O2Si/c1-7-14(4)10-12-16-17(5,6)15-11-8-9-13(2)3/h13-14H,7-12H2,1-6H3. The summed E-state index contributed by atoms with van der Waals surface area (Å²) < 4.78 is 11.8. The average molecular weight is 260 g/mol. The minimum atomic E-state index is -1.85. The molecule has 0 aromatic rings. The Labute approximate surface area is 109 Å². The molecule has 0 aliphatic rings. The Kier molecular flexibility index (Phi) is 9.19. The van der Waals surface area contributed by atoms with E-state index < -0.39 is 8.56 Å². The van der Waals surface area contributed by atoms with Crippen LogP contribution in [-0.4, -0.2) is 21.8 Å². The summed E-state index contributed by atoms with van der Waals surface area (Å²) in [6.45, 7) is 15.0. The molecule has 0 saturated carbocycles. The van der Waals surface area contributed by atoms with E-state index in [4.69, 9.17) is 8.85 Å². The van der Waals surface area contributed by atoms with Crippen molar-refractivity contribution in [1.29, 1.82) is 0 Å². The molecule has 2 nitrogen and oxygen atoms in total. The molecule has 0 aromatic carbocycles. The molecule has 0 spiro atoms. The molecule has 0 aliphatic heterocycles. The SMILES string of the molecule is CCC(C)CCO[Si](C)(C)OCCCC(C)C. The van der Waals surface area contributed by atoms with Gasteiger partial charge in [0.25, 0.3) is 0 Å². The highest BCUT2D eigenvalue weighted by molar-refractivity contribution is 6.64. The molecular formula is C14H32O2Si. The van der Waals surface area contributed by atoms with E-state index in [-0.39, 0.29) is 0 Å². The van der Waals surface area contributed by atoms with E-state index in [0.717, 1.165) is 37.9 Å². The van der Waals surface area contributed by atoms with Crippen LogP contribution >= 0.6 is 0 Å². The van der Waals surface area contributed by atoms with Crippen molar-refractivity contribution in [3.8, 4) is 0 Å². The Hall–Kier alpha value is 0.137. The van der Waals surface area contributed by atoms with Gasteiger partial charge in [0, 0.05) is 13.2 Å². The molecule has 3 heteroatoms. The van der Waals surface area contributed by atoms with Gasteiger partial charge in [0.05, 0.1) is 0 Å². The van der Waals surface area contributed by atoms with Gasteiger partial charge < -0.3 is 8.85 Å². The van der Waals surface area contributed by atoms with Crippen LogP contribution in [0.3, 0.4) is 0 Å². The lowest BCUT2D eigenvalue weighted by Crippen LogP contribution is -2.35. The van der Waals surface area contributed by atoms with Crippen molar-refractivity contribution < 1.29 is 8.85 Å². The largest absolute Gasteiger partial charge is 0.395 e. The van der Waals surface area contributed by atoms with Crippen LogP contribution in [0.15, 0.2) is 0 Å². The van der Waals surface area contributed by atoms with Crippen molar-refractivity contribution >= 4 is 8.56 Å². The van der Waals surface area contributed by atoms with Crippen molar-refractivity contribution in [2.45, 2.75) is 66.5 Å². The molecule has 17 heavy (non-hydrogen) atoms. The van der Waals surface area contributed by atoms with E-state index in [1.54, 1.807) is 0 Å². The maximum Gasteiger partial charge on any atom is 0.331 e. The third-order valence-electron chi connectivity index (χ3n) is 3.13. The Morgan fingerprint density at radius 1 is 0.941 bits per heavy atom. The Balaban J connectivity index is 3.58. The summed E-state index contributed by atoms with van der Waals surface area (Å²) in [6, 6.07) is 0. The van der Waals surface area contributed by atoms with E-state index in [1.807, 2.05) is 0 Å². The van der Waals surface area contributed by atoms with Crippen LogP contribution in [0.2, 0.25) is 13.1 Å². The lowest BCUT2D eigenvalue weighted by atomic mass is 10.1. The van der Waals surface area contributed by atoms with E-state index in [1.165, 1.54) is 12.8 Å². The fourth-order valence-electron chi connectivity index (χ4n) is 1.56. The number of hydrogen-bond donors (Lipinski definition) is 0. The number of rotatable bonds is 10. The third-order valence-corrected chi connectivity index (χ3v) is 4.93. The number of hydrogen-bond acceptors (Lipinski definition) is 2. The van der Waals surface area contributed by atoms with Crippen LogP contribution < -0.4 is 0 Å². The molecule has 0 saturated heterocycles. The first-order chi connectivity index (χ1) is 7.87. The molecule has 1 unspecified atom stereocenters. The van der Waals surface area contributed by atoms with Gasteiger partial charge in [0.2, 0.25) is 0 Å². The van der Waals surface area contributed by atoms with Gasteiger partial charge in [-0.25, -0.2) is 0 Å². The summed E-state index contributed by atoms with van der Waals surface area (Å²) in [5.41, 5.74) is 0. The van der Waals surface area contributed by atoms with Crippen molar-refractivity contribution in [2.75, 3.05) is 13.2 Å². The zero-order chi connectivity index (χ0) is 13.3. The Bertz CT molecular complexity index is 181. The summed E-state index contributed by atoms with van der Waals surface area (Å²) in [6.07, 6.45) is 4.79. The summed E-state index contributed by atoms with van der Waals surface area (Å²) in [5.74, 6) is 1.54. The Morgan fingerprint density at radius 2 is 1.53 bits per heavy atom. The van der Waals surface area contributed by atoms with Crippen molar-refractivity contribution in [3.05, 3.63) is 0 Å². The maximum atomic E-state index is 5.93. The van der Waals surface area contributed by atoms with Gasteiger partial charge in [-0.1, -0.05) is 34.1 Å². The molecule has 0 heterocycles. The second-order valence-electron chi connectivity index (χ2n) is 5.93. The molecule has 1 atom stereocenters. The van der Waals surface area contributed by atoms with Crippen LogP contribution in [0.5, 0.6) is 0 Å². The maximum absolute atomic E-state index is 5.93. The summed E-state index contributed by atoms with van der Waals surface area (Å²) in [4.78, 5) is 0. The molecular weight excluding hydrogens is 228 g/mol. The van der Waals surface area contributed by atoms with Gasteiger partial charge in [0.1, 0.15) is 0 Å². The topological polar surface area (TPSA) is 18.5 Å². The monoisotopic (exact) mass is 260 g/mol. The summed E-state index contributed by atoms with van der Waals surface area (Å²) >= 11 is 0. The molecule has 0 aromatic heterocycles. The van der Waals surface area contributed by atoms with Gasteiger partial charge in [-0.15, -0.1) is 0 Å². The first-order valence-corrected chi connectivity index (χ1v) is 9.97. The Morgan fingerprint density at radius 3 is 2.06 bits per heavy atom. The van der Waals surface area contributed by atoms with Crippen molar-refractivity contribution in [1.82, 2.24) is 0 Å². The molecule has 0 N–H and O–H groups in total. The quantitative estimate of drug-likeness (QED) is 0.422. The van der Waals surface area contributed by atoms with Gasteiger partial charge in [-0.2, -0.15) is 0 Å². The molecule has 0 amide bonds. The lowest BCUT2D eigenvalue weighted by molar-refractivity contribution is 0.165. The predicted molar refractivity (Wildman–Crippen MR) is 77.5 cm³/mol. The highest BCUT2D eigenvalue weighted by atomic mass is 28.4. The van der Waals surface area contributed by atoms with Gasteiger partial charge in [-0.05, 0) is 44.2 Å². The van der Waals surface area contributed by atoms with E-state index in [2.05, 4.69) is 40.8 Å². The molecule has 0 rings (SSSR count). The van der Waals surface area contributed by atoms with Crippen molar-refractivity contribution in [3.63, 3.8) is 0 Å². The predicted octanol–water partition coefficient (Wildman–Crippen LogP) is 4.59. The zero-order valence-corrected chi connectivity index (χ0v) is 13.7. The minimum absolute atomic E-state index is 0.765. The fourth-order valence-corrected chi connectivity index (χ4v) is 2.89. The fraction of sp³-hybridized carbons (Fsp3) is 1.00. The second-order valence-corrected chi connectivity index (χ2v) is 9.31. The highest BCUT2D eigenvalue weighted by Gasteiger charge is 2.24. The van der Waals surface area contributed by atoms with Crippen LogP contribution in [0, 0.1) is 11.8 Å². The normalized spacial score (nSPS) is 14.3. The van der Waals surface area contributed by atoms with E-state index >= 15 is 0 Å². The van der Waals surface area contributed by atoms with Crippen LogP contribution in [-0.2, 0) is 8.85 Å². The smallest absolute Gasteiger partial charge is 0.331 e. The lowest BCUT2D eigenvalue weighted by Gasteiger charge is -2.23. The first-order valence-electron chi connectivity index (χ1n) is 7.15. The van der Waals surface area contributed by atoms with E-state index in [9.17, 15) is 0 Å². The molecule has 0 fully saturated rings. The van der Waals surface area contributed by atoms with Gasteiger partial charge in [0.15, 0.2) is 0 Å². The van der Waals surface area contributed by atoms with Gasteiger partial charge in [-0.3, -0.25) is 0 Å². The first kappa shape index (κ1) is 17.1. The molecule has 0 radical (unpaired) electrons. The van der Waals surface area contributed by atoms with Crippen LogP contribution in [0.4, 0.5) is 0 Å². The summed E-state index contributed by atoms with van der Waals surface area (Å²) in [5, 5.41) is 0. The van der Waals surface area contributed by atoms with Gasteiger partial charge >= 0.3 is 8.56 Å². The second kappa shape index (κ2) is 9.12.